The molecule has 0 aliphatic carbocycles. The highest BCUT2D eigenvalue weighted by Crippen LogP contribution is 2.13. The molecule has 64 valence electrons. The molecule has 1 aromatic rings. The van der Waals surface area contributed by atoms with Crippen molar-refractivity contribution in [2.45, 2.75) is 6.92 Å². The second kappa shape index (κ2) is 3.90. The Hall–Kier alpha value is -1.31. The lowest BCUT2D eigenvalue weighted by molar-refractivity contribution is 0.415. The molecule has 0 saturated carbocycles. The summed E-state index contributed by atoms with van der Waals surface area (Å²) in [6.45, 7) is 1.42. The number of benzene rings is 1. The number of halogens is 1. The molecule has 2 heteroatoms. The number of rotatable bonds is 2. The van der Waals surface area contributed by atoms with Gasteiger partial charge < -0.3 is 4.74 Å². The zero-order valence-electron chi connectivity index (χ0n) is 7.17. The first-order chi connectivity index (χ1) is 5.72. The number of hydrogen-bond acceptors (Lipinski definition) is 1. The Balaban J connectivity index is 2.85. The highest BCUT2D eigenvalue weighted by molar-refractivity contribution is 5.51. The van der Waals surface area contributed by atoms with E-state index < -0.39 is 0 Å². The molecule has 1 nitrogen and oxygen atoms in total. The second-order valence-electron chi connectivity index (χ2n) is 2.50. The second-order valence-corrected chi connectivity index (χ2v) is 2.50. The van der Waals surface area contributed by atoms with E-state index in [1.807, 2.05) is 12.1 Å². The van der Waals surface area contributed by atoms with Crippen LogP contribution in [0.5, 0.6) is 5.75 Å². The summed E-state index contributed by atoms with van der Waals surface area (Å²) >= 11 is 0. The van der Waals surface area contributed by atoms with Crippen LogP contribution >= 0.6 is 0 Å². The van der Waals surface area contributed by atoms with E-state index in [2.05, 4.69) is 0 Å². The van der Waals surface area contributed by atoms with Gasteiger partial charge in [0.2, 0.25) is 0 Å². The van der Waals surface area contributed by atoms with Crippen molar-refractivity contribution in [1.82, 2.24) is 0 Å². The monoisotopic (exact) mass is 166 g/mol. The highest BCUT2D eigenvalue weighted by Gasteiger charge is 1.91. The lowest BCUT2D eigenvalue weighted by Crippen LogP contribution is -1.81. The zero-order valence-corrected chi connectivity index (χ0v) is 7.17. The average Bonchev–Trinajstić information content (AvgIpc) is 2.05. The molecule has 0 aliphatic rings. The zero-order chi connectivity index (χ0) is 8.97. The third-order valence-corrected chi connectivity index (χ3v) is 1.48. The maximum atomic E-state index is 12.4. The Labute approximate surface area is 71.5 Å². The molecule has 0 bridgehead atoms. The Kier molecular flexibility index (Phi) is 2.86. The molecule has 1 aromatic carbocycles. The summed E-state index contributed by atoms with van der Waals surface area (Å²) in [5.41, 5.74) is 0.843. The minimum Gasteiger partial charge on any atom is -0.497 e. The van der Waals surface area contributed by atoms with E-state index in [1.165, 1.54) is 13.0 Å². The molecule has 0 fully saturated rings. The van der Waals surface area contributed by atoms with Crippen LogP contribution in [0.4, 0.5) is 4.39 Å². The predicted octanol–water partition coefficient (Wildman–Crippen LogP) is 3.03. The highest BCUT2D eigenvalue weighted by atomic mass is 19.1. The van der Waals surface area contributed by atoms with Crippen LogP contribution in [0, 0.1) is 0 Å². The minimum atomic E-state index is -0.194. The van der Waals surface area contributed by atoms with Crippen molar-refractivity contribution in [2.75, 3.05) is 7.11 Å². The molecule has 0 unspecified atom stereocenters. The third kappa shape index (κ3) is 2.38. The third-order valence-electron chi connectivity index (χ3n) is 1.48. The first kappa shape index (κ1) is 8.78. The van der Waals surface area contributed by atoms with Gasteiger partial charge in [0.1, 0.15) is 5.75 Å². The molecule has 1 rings (SSSR count). The molecule has 0 spiro atoms. The fraction of sp³-hybridized carbons (Fsp3) is 0.200. The van der Waals surface area contributed by atoms with E-state index in [1.54, 1.807) is 19.2 Å². The normalized spacial score (nSPS) is 11.4. The summed E-state index contributed by atoms with van der Waals surface area (Å²) in [6.07, 6.45) is 1.47. The van der Waals surface area contributed by atoms with Crippen LogP contribution in [0.1, 0.15) is 12.5 Å². The molecule has 0 N–H and O–H groups in total. The van der Waals surface area contributed by atoms with Gasteiger partial charge >= 0.3 is 0 Å². The Morgan fingerprint density at radius 3 is 2.33 bits per heavy atom. The van der Waals surface area contributed by atoms with Gasteiger partial charge in [0.25, 0.3) is 0 Å². The Morgan fingerprint density at radius 1 is 1.33 bits per heavy atom. The van der Waals surface area contributed by atoms with Crippen molar-refractivity contribution in [1.29, 1.82) is 0 Å². The van der Waals surface area contributed by atoms with E-state index in [-0.39, 0.29) is 5.83 Å². The van der Waals surface area contributed by atoms with Crippen LogP contribution in [-0.4, -0.2) is 7.11 Å². The van der Waals surface area contributed by atoms with Crippen molar-refractivity contribution in [2.24, 2.45) is 0 Å². The van der Waals surface area contributed by atoms with E-state index in [9.17, 15) is 4.39 Å². The maximum Gasteiger partial charge on any atom is 0.118 e. The fourth-order valence-electron chi connectivity index (χ4n) is 0.930. The summed E-state index contributed by atoms with van der Waals surface area (Å²) in [6, 6.07) is 7.22. The van der Waals surface area contributed by atoms with Crippen molar-refractivity contribution in [3.63, 3.8) is 0 Å². The minimum absolute atomic E-state index is 0.194. The van der Waals surface area contributed by atoms with Crippen LogP contribution in [0.3, 0.4) is 0 Å². The van der Waals surface area contributed by atoms with Crippen LogP contribution < -0.4 is 4.74 Å². The van der Waals surface area contributed by atoms with E-state index >= 15 is 0 Å². The summed E-state index contributed by atoms with van der Waals surface area (Å²) < 4.78 is 17.4. The van der Waals surface area contributed by atoms with Gasteiger partial charge in [0, 0.05) is 0 Å². The average molecular weight is 166 g/mol. The fourth-order valence-corrected chi connectivity index (χ4v) is 0.930. The standard InChI is InChI=1S/C10H11FO/c1-8(11)7-9-3-5-10(12-2)6-4-9/h3-7H,1-2H3/b8-7+. The molecule has 0 heterocycles. The van der Waals surface area contributed by atoms with Gasteiger partial charge in [-0.25, -0.2) is 4.39 Å². The molecule has 0 atom stereocenters. The smallest absolute Gasteiger partial charge is 0.118 e. The molecule has 0 aromatic heterocycles. The number of methoxy groups -OCH3 is 1. The molecular formula is C10H11FO. The van der Waals surface area contributed by atoms with Gasteiger partial charge in [-0.2, -0.15) is 0 Å². The quantitative estimate of drug-likeness (QED) is 0.656. The van der Waals surface area contributed by atoms with Gasteiger partial charge in [-0.1, -0.05) is 12.1 Å². The first-order valence-corrected chi connectivity index (χ1v) is 3.70. The molecule has 0 amide bonds. The summed E-state index contributed by atoms with van der Waals surface area (Å²) in [5, 5.41) is 0. The predicted molar refractivity (Wildman–Crippen MR) is 47.8 cm³/mol. The van der Waals surface area contributed by atoms with Gasteiger partial charge in [-0.15, -0.1) is 0 Å². The van der Waals surface area contributed by atoms with Crippen molar-refractivity contribution in [3.8, 4) is 5.75 Å². The van der Waals surface area contributed by atoms with Crippen molar-refractivity contribution >= 4 is 6.08 Å². The van der Waals surface area contributed by atoms with Crippen LogP contribution in [0.25, 0.3) is 6.08 Å². The molecule has 0 aliphatic heterocycles. The number of hydrogen-bond donors (Lipinski definition) is 0. The number of ether oxygens (including phenoxy) is 1. The van der Waals surface area contributed by atoms with Gasteiger partial charge in [0.15, 0.2) is 0 Å². The van der Waals surface area contributed by atoms with Crippen LogP contribution in [-0.2, 0) is 0 Å². The van der Waals surface area contributed by atoms with Gasteiger partial charge in [-0.05, 0) is 30.7 Å². The Morgan fingerprint density at radius 2 is 1.92 bits per heavy atom. The lowest BCUT2D eigenvalue weighted by atomic mass is 10.2. The Bertz CT molecular complexity index is 270. The molecule has 0 saturated heterocycles. The van der Waals surface area contributed by atoms with Gasteiger partial charge in [-0.3, -0.25) is 0 Å². The van der Waals surface area contributed by atoms with Crippen LogP contribution in [0.15, 0.2) is 30.1 Å². The largest absolute Gasteiger partial charge is 0.497 e. The molecule has 0 radical (unpaired) electrons. The van der Waals surface area contributed by atoms with Crippen molar-refractivity contribution in [3.05, 3.63) is 35.7 Å². The maximum absolute atomic E-state index is 12.4. The molecular weight excluding hydrogens is 155 g/mol. The topological polar surface area (TPSA) is 9.23 Å². The molecule has 12 heavy (non-hydrogen) atoms. The first-order valence-electron chi connectivity index (χ1n) is 3.70. The summed E-state index contributed by atoms with van der Waals surface area (Å²) in [5.74, 6) is 0.587. The summed E-state index contributed by atoms with van der Waals surface area (Å²) in [4.78, 5) is 0. The lowest BCUT2D eigenvalue weighted by Gasteiger charge is -1.98. The number of allylic oxidation sites excluding steroid dienone is 1. The van der Waals surface area contributed by atoms with E-state index in [0.717, 1.165) is 11.3 Å². The van der Waals surface area contributed by atoms with Crippen molar-refractivity contribution < 1.29 is 9.13 Å². The summed E-state index contributed by atoms with van der Waals surface area (Å²) in [7, 11) is 1.60. The SMILES string of the molecule is COc1ccc(/C=C(\C)F)cc1. The van der Waals surface area contributed by atoms with E-state index in [4.69, 9.17) is 4.74 Å². The van der Waals surface area contributed by atoms with E-state index in [0.29, 0.717) is 0 Å². The van der Waals surface area contributed by atoms with Gasteiger partial charge in [0.05, 0.1) is 12.9 Å². The van der Waals surface area contributed by atoms with Crippen LogP contribution in [0.2, 0.25) is 0 Å².